The third-order valence-electron chi connectivity index (χ3n) is 2.77. The molecule has 0 aromatic heterocycles. The Bertz CT molecular complexity index is 176. The van der Waals surface area contributed by atoms with Crippen molar-refractivity contribution in [1.82, 2.24) is 4.90 Å². The molecule has 1 unspecified atom stereocenters. The molecule has 1 fully saturated rings. The van der Waals surface area contributed by atoms with E-state index in [2.05, 4.69) is 0 Å². The Kier molecular flexibility index (Phi) is 3.69. The number of rotatable bonds is 2. The van der Waals surface area contributed by atoms with E-state index in [9.17, 15) is 9.90 Å². The molecule has 0 spiro atoms. The van der Waals surface area contributed by atoms with Gasteiger partial charge in [0.2, 0.25) is 5.91 Å². The van der Waals surface area contributed by atoms with Crippen LogP contribution in [0.4, 0.5) is 0 Å². The second-order valence-corrected chi connectivity index (χ2v) is 3.65. The van der Waals surface area contributed by atoms with Gasteiger partial charge in [-0.05, 0) is 18.8 Å². The van der Waals surface area contributed by atoms with E-state index in [1.54, 1.807) is 6.92 Å². The largest absolute Gasteiger partial charge is 0.392 e. The molecule has 4 heteroatoms. The summed E-state index contributed by atoms with van der Waals surface area (Å²) in [6, 6.07) is 0. The fourth-order valence-corrected chi connectivity index (χ4v) is 1.79. The highest BCUT2D eigenvalue weighted by Crippen LogP contribution is 2.20. The van der Waals surface area contributed by atoms with Crippen molar-refractivity contribution >= 4 is 5.91 Å². The maximum Gasteiger partial charge on any atom is 0.219 e. The molecule has 0 aromatic carbocycles. The van der Waals surface area contributed by atoms with Crippen LogP contribution in [-0.4, -0.2) is 41.7 Å². The Hall–Kier alpha value is -0.610. The number of hydrogen-bond acceptors (Lipinski definition) is 3. The smallest absolute Gasteiger partial charge is 0.219 e. The zero-order valence-electron chi connectivity index (χ0n) is 8.07. The fraction of sp³-hybridized carbons (Fsp3) is 0.889. The van der Waals surface area contributed by atoms with E-state index in [1.807, 2.05) is 4.90 Å². The lowest BCUT2D eigenvalue weighted by molar-refractivity contribution is -0.130. The van der Waals surface area contributed by atoms with Crippen molar-refractivity contribution in [3.05, 3.63) is 0 Å². The number of nitrogens with two attached hydrogens (primary N) is 1. The van der Waals surface area contributed by atoms with Crippen LogP contribution in [0.5, 0.6) is 0 Å². The summed E-state index contributed by atoms with van der Waals surface area (Å²) in [7, 11) is 0. The van der Waals surface area contributed by atoms with Gasteiger partial charge in [-0.3, -0.25) is 4.79 Å². The number of aliphatic hydroxyl groups is 1. The van der Waals surface area contributed by atoms with Crippen molar-refractivity contribution in [2.24, 2.45) is 11.7 Å². The first kappa shape index (κ1) is 10.5. The maximum atomic E-state index is 11.0. The van der Waals surface area contributed by atoms with Gasteiger partial charge in [0.15, 0.2) is 0 Å². The Labute approximate surface area is 78.7 Å². The molecular formula is C9H18N2O2. The van der Waals surface area contributed by atoms with E-state index in [4.69, 9.17) is 5.73 Å². The highest BCUT2D eigenvalue weighted by atomic mass is 16.3. The van der Waals surface area contributed by atoms with Gasteiger partial charge in [-0.2, -0.15) is 0 Å². The highest BCUT2D eigenvalue weighted by molar-refractivity contribution is 5.73. The Balaban J connectivity index is 2.34. The van der Waals surface area contributed by atoms with Gasteiger partial charge in [-0.1, -0.05) is 0 Å². The Morgan fingerprint density at radius 2 is 2.15 bits per heavy atom. The lowest BCUT2D eigenvalue weighted by atomic mass is 9.91. The van der Waals surface area contributed by atoms with Crippen LogP contribution >= 0.6 is 0 Å². The van der Waals surface area contributed by atoms with Crippen molar-refractivity contribution in [2.45, 2.75) is 25.9 Å². The summed E-state index contributed by atoms with van der Waals surface area (Å²) in [5.41, 5.74) is 5.37. The summed E-state index contributed by atoms with van der Waals surface area (Å²) >= 11 is 0. The summed E-state index contributed by atoms with van der Waals surface area (Å²) in [4.78, 5) is 12.8. The average Bonchev–Trinajstić information content (AvgIpc) is 2.17. The summed E-state index contributed by atoms with van der Waals surface area (Å²) < 4.78 is 0. The van der Waals surface area contributed by atoms with Gasteiger partial charge in [-0.15, -0.1) is 0 Å². The Morgan fingerprint density at radius 3 is 2.54 bits per heavy atom. The molecule has 76 valence electrons. The second kappa shape index (κ2) is 4.58. The van der Waals surface area contributed by atoms with Crippen LogP contribution in [0.3, 0.4) is 0 Å². The molecule has 1 aliphatic rings. The summed E-state index contributed by atoms with van der Waals surface area (Å²) in [5.74, 6) is 0.404. The molecule has 1 saturated heterocycles. The minimum atomic E-state index is -0.394. The van der Waals surface area contributed by atoms with E-state index >= 15 is 0 Å². The normalized spacial score (nSPS) is 21.6. The number of piperidine rings is 1. The molecule has 13 heavy (non-hydrogen) atoms. The maximum absolute atomic E-state index is 11.0. The van der Waals surface area contributed by atoms with Crippen LogP contribution in [0, 0.1) is 5.92 Å². The third-order valence-corrected chi connectivity index (χ3v) is 2.77. The average molecular weight is 186 g/mol. The van der Waals surface area contributed by atoms with E-state index < -0.39 is 6.10 Å². The van der Waals surface area contributed by atoms with Gasteiger partial charge in [0.05, 0.1) is 6.10 Å². The monoisotopic (exact) mass is 186 g/mol. The minimum absolute atomic E-state index is 0.126. The van der Waals surface area contributed by atoms with Gasteiger partial charge in [0, 0.05) is 26.6 Å². The molecule has 1 amide bonds. The lowest BCUT2D eigenvalue weighted by Crippen LogP contribution is -2.41. The molecule has 0 aromatic rings. The first-order valence-corrected chi connectivity index (χ1v) is 4.78. The number of amides is 1. The van der Waals surface area contributed by atoms with E-state index in [1.165, 1.54) is 0 Å². The van der Waals surface area contributed by atoms with Gasteiger partial charge in [0.25, 0.3) is 0 Å². The molecule has 1 atom stereocenters. The van der Waals surface area contributed by atoms with Crippen LogP contribution in [0.1, 0.15) is 19.8 Å². The van der Waals surface area contributed by atoms with Crippen molar-refractivity contribution in [1.29, 1.82) is 0 Å². The van der Waals surface area contributed by atoms with Crippen molar-refractivity contribution < 1.29 is 9.90 Å². The predicted octanol–water partition coefficient (Wildman–Crippen LogP) is -0.435. The van der Waals surface area contributed by atoms with Gasteiger partial charge < -0.3 is 15.7 Å². The van der Waals surface area contributed by atoms with Crippen LogP contribution in [0.25, 0.3) is 0 Å². The molecule has 1 rings (SSSR count). The lowest BCUT2D eigenvalue weighted by Gasteiger charge is -2.33. The number of carbonyl (C=O) groups excluding carboxylic acids is 1. The van der Waals surface area contributed by atoms with Gasteiger partial charge in [-0.25, -0.2) is 0 Å². The topological polar surface area (TPSA) is 66.6 Å². The molecule has 3 N–H and O–H groups in total. The number of nitrogens with zero attached hydrogens (tertiary/aromatic N) is 1. The molecule has 0 saturated carbocycles. The zero-order chi connectivity index (χ0) is 9.84. The highest BCUT2D eigenvalue weighted by Gasteiger charge is 2.24. The third kappa shape index (κ3) is 2.67. The Morgan fingerprint density at radius 1 is 1.62 bits per heavy atom. The van der Waals surface area contributed by atoms with Crippen LogP contribution in [-0.2, 0) is 4.79 Å². The summed E-state index contributed by atoms with van der Waals surface area (Å²) in [5, 5.41) is 9.48. The van der Waals surface area contributed by atoms with Gasteiger partial charge in [0.1, 0.15) is 0 Å². The standard InChI is InChI=1S/C9H18N2O2/c1-7(12)11-4-2-8(3-5-11)9(13)6-10/h8-9,13H,2-6,10H2,1H3. The van der Waals surface area contributed by atoms with Crippen LogP contribution in [0.2, 0.25) is 0 Å². The molecule has 0 radical (unpaired) electrons. The number of carbonyl (C=O) groups is 1. The summed E-state index contributed by atoms with van der Waals surface area (Å²) in [6.07, 6.45) is 1.35. The number of aliphatic hydroxyl groups excluding tert-OH is 1. The second-order valence-electron chi connectivity index (χ2n) is 3.65. The van der Waals surface area contributed by atoms with Crippen LogP contribution in [0.15, 0.2) is 0 Å². The number of likely N-dealkylation sites (tertiary alicyclic amines) is 1. The summed E-state index contributed by atoms with van der Waals surface area (Å²) in [6.45, 7) is 3.43. The molecular weight excluding hydrogens is 168 g/mol. The van der Waals surface area contributed by atoms with Crippen molar-refractivity contribution in [2.75, 3.05) is 19.6 Å². The van der Waals surface area contributed by atoms with Gasteiger partial charge >= 0.3 is 0 Å². The molecule has 1 heterocycles. The van der Waals surface area contributed by atoms with E-state index in [0.717, 1.165) is 25.9 Å². The zero-order valence-corrected chi connectivity index (χ0v) is 8.07. The molecule has 0 aliphatic carbocycles. The van der Waals surface area contributed by atoms with E-state index in [0.29, 0.717) is 6.54 Å². The first-order chi connectivity index (χ1) is 6.15. The predicted molar refractivity (Wildman–Crippen MR) is 50.0 cm³/mol. The SMILES string of the molecule is CC(=O)N1CCC(C(O)CN)CC1. The fourth-order valence-electron chi connectivity index (χ4n) is 1.79. The van der Waals surface area contributed by atoms with E-state index in [-0.39, 0.29) is 11.8 Å². The van der Waals surface area contributed by atoms with Crippen LogP contribution < -0.4 is 5.73 Å². The van der Waals surface area contributed by atoms with Crippen molar-refractivity contribution in [3.63, 3.8) is 0 Å². The first-order valence-electron chi connectivity index (χ1n) is 4.78. The van der Waals surface area contributed by atoms with Crippen molar-refractivity contribution in [3.8, 4) is 0 Å². The quantitative estimate of drug-likeness (QED) is 0.614. The molecule has 0 bridgehead atoms. The molecule has 1 aliphatic heterocycles. The minimum Gasteiger partial charge on any atom is -0.392 e. The molecule has 4 nitrogen and oxygen atoms in total. The number of hydrogen-bond donors (Lipinski definition) is 2.